The molecule has 33 heavy (non-hydrogen) atoms. The maximum Gasteiger partial charge on any atom is 0.315 e. The van der Waals surface area contributed by atoms with Crippen molar-refractivity contribution >= 4 is 17.3 Å². The Morgan fingerprint density at radius 3 is 2.09 bits per heavy atom. The van der Waals surface area contributed by atoms with Gasteiger partial charge in [0, 0.05) is 16.9 Å². The van der Waals surface area contributed by atoms with E-state index >= 15 is 0 Å². The smallest absolute Gasteiger partial charge is 0.315 e. The Labute approximate surface area is 197 Å². The molecule has 4 nitrogen and oxygen atoms in total. The summed E-state index contributed by atoms with van der Waals surface area (Å²) in [7, 11) is 0. The molecule has 170 valence electrons. The second-order valence-electron chi connectivity index (χ2n) is 9.66. The van der Waals surface area contributed by atoms with Crippen LogP contribution >= 0.6 is 0 Å². The zero-order valence-corrected chi connectivity index (χ0v) is 20.0. The van der Waals surface area contributed by atoms with E-state index in [-0.39, 0.29) is 17.3 Å². The molecule has 0 aliphatic carbocycles. The van der Waals surface area contributed by atoms with Crippen molar-refractivity contribution in [3.05, 3.63) is 95.6 Å². The molecule has 0 saturated heterocycles. The molecule has 3 rings (SSSR count). The van der Waals surface area contributed by atoms with Gasteiger partial charge in [0.2, 0.25) is 6.10 Å². The second-order valence-corrected chi connectivity index (χ2v) is 9.66. The molecule has 2 unspecified atom stereocenters. The van der Waals surface area contributed by atoms with Crippen molar-refractivity contribution in [2.75, 3.05) is 5.32 Å². The van der Waals surface area contributed by atoms with E-state index in [1.807, 2.05) is 74.5 Å². The van der Waals surface area contributed by atoms with Crippen molar-refractivity contribution in [3.8, 4) is 6.07 Å². The number of hydrogen-bond acceptors (Lipinski definition) is 4. The van der Waals surface area contributed by atoms with Gasteiger partial charge in [-0.25, -0.2) is 0 Å². The maximum atomic E-state index is 13.2. The third kappa shape index (κ3) is 6.23. The summed E-state index contributed by atoms with van der Waals surface area (Å²) in [6, 6.07) is 27.5. The van der Waals surface area contributed by atoms with E-state index in [1.54, 1.807) is 6.07 Å². The van der Waals surface area contributed by atoms with Crippen LogP contribution < -0.4 is 5.32 Å². The Bertz CT molecular complexity index is 1110. The molecule has 0 amide bonds. The Balaban J connectivity index is 1.79. The molecule has 0 radical (unpaired) electrons. The van der Waals surface area contributed by atoms with Gasteiger partial charge < -0.3 is 10.1 Å². The van der Waals surface area contributed by atoms with Gasteiger partial charge in [-0.1, -0.05) is 89.2 Å². The van der Waals surface area contributed by atoms with Gasteiger partial charge in [-0.15, -0.1) is 0 Å². The van der Waals surface area contributed by atoms with Crippen LogP contribution in [0.3, 0.4) is 0 Å². The number of hydrogen-bond donors (Lipinski definition) is 1. The molecule has 0 spiro atoms. The molecule has 0 fully saturated rings. The van der Waals surface area contributed by atoms with Crippen LogP contribution in [0.25, 0.3) is 0 Å². The minimum absolute atomic E-state index is 0.0309. The number of carbonyl (C=O) groups excluding carboxylic acids is 1. The maximum absolute atomic E-state index is 13.2. The topological polar surface area (TPSA) is 62.1 Å². The van der Waals surface area contributed by atoms with Crippen LogP contribution in [0, 0.1) is 17.2 Å². The van der Waals surface area contributed by atoms with E-state index in [4.69, 9.17) is 4.74 Å². The predicted molar refractivity (Wildman–Crippen MR) is 133 cm³/mol. The van der Waals surface area contributed by atoms with E-state index < -0.39 is 12.0 Å². The lowest BCUT2D eigenvalue weighted by Crippen LogP contribution is -2.23. The molecule has 0 bridgehead atoms. The zero-order chi connectivity index (χ0) is 24.0. The van der Waals surface area contributed by atoms with Crippen LogP contribution in [0.1, 0.15) is 63.3 Å². The highest BCUT2D eigenvalue weighted by Gasteiger charge is 2.29. The summed E-state index contributed by atoms with van der Waals surface area (Å²) in [5.74, 6) is -0.801. The molecule has 1 N–H and O–H groups in total. The SMILES string of the molecule is CC(C)C(C(=O)OC(C#N)c1cccc(Nc2ccccc2)c1)c1ccc(C(C)(C)C)cc1. The van der Waals surface area contributed by atoms with Crippen LogP contribution in [0.15, 0.2) is 78.9 Å². The molecule has 0 aliphatic heterocycles. The Hall–Kier alpha value is -3.58. The first-order valence-corrected chi connectivity index (χ1v) is 11.3. The predicted octanol–water partition coefficient (Wildman–Crippen LogP) is 7.28. The van der Waals surface area contributed by atoms with E-state index in [0.717, 1.165) is 16.9 Å². The molecule has 3 aromatic rings. The lowest BCUT2D eigenvalue weighted by atomic mass is 9.83. The van der Waals surface area contributed by atoms with Gasteiger partial charge in [0.05, 0.1) is 5.92 Å². The molecule has 0 saturated carbocycles. The highest BCUT2D eigenvalue weighted by Crippen LogP contribution is 2.31. The van der Waals surface area contributed by atoms with E-state index in [0.29, 0.717) is 5.56 Å². The van der Waals surface area contributed by atoms with Gasteiger partial charge in [0.25, 0.3) is 0 Å². The molecule has 0 aliphatic rings. The normalized spacial score (nSPS) is 13.1. The number of ether oxygens (including phenoxy) is 1. The van der Waals surface area contributed by atoms with Crippen molar-refractivity contribution in [1.29, 1.82) is 5.26 Å². The summed E-state index contributed by atoms with van der Waals surface area (Å²) in [6.07, 6.45) is -0.981. The number of para-hydroxylation sites is 1. The average molecular weight is 441 g/mol. The van der Waals surface area contributed by atoms with Gasteiger partial charge in [0.1, 0.15) is 6.07 Å². The van der Waals surface area contributed by atoms with E-state index in [9.17, 15) is 10.1 Å². The Kier molecular flexibility index (Phi) is 7.55. The van der Waals surface area contributed by atoms with Crippen LogP contribution in [-0.4, -0.2) is 5.97 Å². The number of benzene rings is 3. The van der Waals surface area contributed by atoms with Crippen molar-refractivity contribution in [2.24, 2.45) is 5.92 Å². The van der Waals surface area contributed by atoms with Crippen LogP contribution in [0.4, 0.5) is 11.4 Å². The molecule has 2 atom stereocenters. The highest BCUT2D eigenvalue weighted by molar-refractivity contribution is 5.79. The average Bonchev–Trinajstić information content (AvgIpc) is 2.78. The summed E-state index contributed by atoms with van der Waals surface area (Å²) < 4.78 is 5.74. The van der Waals surface area contributed by atoms with Crippen molar-refractivity contribution in [1.82, 2.24) is 0 Å². The molecule has 4 heteroatoms. The van der Waals surface area contributed by atoms with E-state index in [1.165, 1.54) is 5.56 Å². The van der Waals surface area contributed by atoms with Crippen LogP contribution in [-0.2, 0) is 14.9 Å². The fourth-order valence-electron chi connectivity index (χ4n) is 3.81. The highest BCUT2D eigenvalue weighted by atomic mass is 16.5. The van der Waals surface area contributed by atoms with Crippen LogP contribution in [0.2, 0.25) is 0 Å². The zero-order valence-electron chi connectivity index (χ0n) is 20.0. The number of carbonyl (C=O) groups is 1. The van der Waals surface area contributed by atoms with Gasteiger partial charge in [-0.3, -0.25) is 4.79 Å². The molecule has 0 aromatic heterocycles. The molecule has 0 heterocycles. The summed E-state index contributed by atoms with van der Waals surface area (Å²) in [5.41, 5.74) is 4.56. The summed E-state index contributed by atoms with van der Waals surface area (Å²) in [4.78, 5) is 13.2. The third-order valence-electron chi connectivity index (χ3n) is 5.66. The lowest BCUT2D eigenvalue weighted by Gasteiger charge is -2.24. The fraction of sp³-hybridized carbons (Fsp3) is 0.310. The summed E-state index contributed by atoms with van der Waals surface area (Å²) >= 11 is 0. The van der Waals surface area contributed by atoms with Crippen molar-refractivity contribution in [3.63, 3.8) is 0 Å². The number of esters is 1. The van der Waals surface area contributed by atoms with Crippen LogP contribution in [0.5, 0.6) is 0 Å². The summed E-state index contributed by atoms with van der Waals surface area (Å²) in [6.45, 7) is 10.5. The summed E-state index contributed by atoms with van der Waals surface area (Å²) in [5, 5.41) is 13.1. The lowest BCUT2D eigenvalue weighted by molar-refractivity contribution is -0.150. The monoisotopic (exact) mass is 440 g/mol. The molecular formula is C29H32N2O2. The number of rotatable bonds is 7. The first-order valence-electron chi connectivity index (χ1n) is 11.3. The van der Waals surface area contributed by atoms with Crippen molar-refractivity contribution in [2.45, 2.75) is 52.1 Å². The minimum atomic E-state index is -0.981. The first kappa shape index (κ1) is 24.1. The fourth-order valence-corrected chi connectivity index (χ4v) is 3.81. The number of nitriles is 1. The van der Waals surface area contributed by atoms with Crippen molar-refractivity contribution < 1.29 is 9.53 Å². The van der Waals surface area contributed by atoms with Gasteiger partial charge in [-0.05, 0) is 46.7 Å². The quantitative estimate of drug-likeness (QED) is 0.392. The minimum Gasteiger partial charge on any atom is -0.441 e. The van der Waals surface area contributed by atoms with Gasteiger partial charge in [0.15, 0.2) is 0 Å². The molecule has 3 aromatic carbocycles. The first-order chi connectivity index (χ1) is 15.7. The number of anilines is 2. The standard InChI is InChI=1S/C29H32N2O2/c1-20(2)27(21-14-16-23(17-15-21)29(3,4)5)28(32)33-26(19-30)22-10-9-13-25(18-22)31-24-11-7-6-8-12-24/h6-18,20,26-27,31H,1-5H3. The number of nitrogens with zero attached hydrogens (tertiary/aromatic N) is 1. The third-order valence-corrected chi connectivity index (χ3v) is 5.66. The number of nitrogens with one attached hydrogen (secondary N) is 1. The largest absolute Gasteiger partial charge is 0.441 e. The van der Waals surface area contributed by atoms with E-state index in [2.05, 4.69) is 44.3 Å². The van der Waals surface area contributed by atoms with Gasteiger partial charge in [-0.2, -0.15) is 5.26 Å². The second kappa shape index (κ2) is 10.4. The van der Waals surface area contributed by atoms with Gasteiger partial charge >= 0.3 is 5.97 Å². The Morgan fingerprint density at radius 2 is 1.52 bits per heavy atom. The Morgan fingerprint density at radius 1 is 0.879 bits per heavy atom. The molecular weight excluding hydrogens is 408 g/mol.